The molecule has 0 aliphatic rings. The second-order valence-electron chi connectivity index (χ2n) is 1.29. The molecule has 0 radical (unpaired) electrons. The first-order valence-corrected chi connectivity index (χ1v) is 3.77. The van der Waals surface area contributed by atoms with Crippen LogP contribution in [0.25, 0.3) is 0 Å². The van der Waals surface area contributed by atoms with E-state index in [9.17, 15) is 0 Å². The van der Waals surface area contributed by atoms with E-state index in [1.807, 2.05) is 0 Å². The average molecular weight is 187 g/mol. The predicted octanol–water partition coefficient (Wildman–Crippen LogP) is 1.37. The molecule has 0 bridgehead atoms. The van der Waals surface area contributed by atoms with Crippen molar-refractivity contribution in [3.8, 4) is 0 Å². The number of aliphatic hydroxyl groups excluding tert-OH is 1. The molecule has 1 nitrogen and oxygen atoms in total. The average Bonchev–Trinajstić information content (AvgIpc) is 1.68. The van der Waals surface area contributed by atoms with Crippen molar-refractivity contribution in [2.45, 2.75) is 12.5 Å². The quantitative estimate of drug-likeness (QED) is 0.662. The summed E-state index contributed by atoms with van der Waals surface area (Å²) in [6.45, 7) is 0. The highest BCUT2D eigenvalue weighted by Crippen LogP contribution is 1.96. The zero-order valence-corrected chi connectivity index (χ0v) is 6.24. The molecule has 0 aromatic heterocycles. The first-order valence-electron chi connectivity index (χ1n) is 2.11. The molecule has 0 heterocycles. The molecule has 1 unspecified atom stereocenters. The Morgan fingerprint density at radius 2 is 2.29 bits per heavy atom. The Morgan fingerprint density at radius 3 is 2.43 bits per heavy atom. The van der Waals surface area contributed by atoms with Crippen molar-refractivity contribution in [1.82, 2.24) is 0 Å². The van der Waals surface area contributed by atoms with Gasteiger partial charge in [0, 0.05) is 11.2 Å². The van der Waals surface area contributed by atoms with Crippen LogP contribution in [0.4, 0.5) is 0 Å². The summed E-state index contributed by atoms with van der Waals surface area (Å²) in [4.78, 5) is 0. The van der Waals surface area contributed by atoms with Crippen molar-refractivity contribution >= 4 is 27.5 Å². The second-order valence-corrected chi connectivity index (χ2v) is 2.39. The number of alkyl halides is 2. The van der Waals surface area contributed by atoms with Crippen molar-refractivity contribution in [3.63, 3.8) is 0 Å². The van der Waals surface area contributed by atoms with Crippen molar-refractivity contribution in [3.05, 3.63) is 0 Å². The highest BCUT2D eigenvalue weighted by molar-refractivity contribution is 9.09. The third kappa shape index (κ3) is 4.59. The standard InChI is InChI=1S/C4H8BrClO/c5-2-1-4(7)3-6/h4,7H,1-3H2. The van der Waals surface area contributed by atoms with Crippen LogP contribution in [0.3, 0.4) is 0 Å². The number of rotatable bonds is 3. The summed E-state index contributed by atoms with van der Waals surface area (Å²) < 4.78 is 0. The molecule has 0 fully saturated rings. The molecule has 0 aromatic rings. The fourth-order valence-corrected chi connectivity index (χ4v) is 0.886. The molecule has 7 heavy (non-hydrogen) atoms. The van der Waals surface area contributed by atoms with Crippen molar-refractivity contribution in [2.75, 3.05) is 11.2 Å². The summed E-state index contributed by atoms with van der Waals surface area (Å²) in [5.74, 6) is 0.339. The third-order valence-electron chi connectivity index (χ3n) is 0.620. The van der Waals surface area contributed by atoms with Gasteiger partial charge in [-0.05, 0) is 6.42 Å². The largest absolute Gasteiger partial charge is 0.392 e. The molecule has 0 aliphatic carbocycles. The van der Waals surface area contributed by atoms with Gasteiger partial charge in [-0.25, -0.2) is 0 Å². The lowest BCUT2D eigenvalue weighted by Crippen LogP contribution is -2.07. The lowest BCUT2D eigenvalue weighted by atomic mass is 10.3. The van der Waals surface area contributed by atoms with Gasteiger partial charge in [0.1, 0.15) is 0 Å². The maximum atomic E-state index is 8.70. The molecule has 0 saturated carbocycles. The molecule has 3 heteroatoms. The van der Waals surface area contributed by atoms with Gasteiger partial charge < -0.3 is 5.11 Å². The minimum Gasteiger partial charge on any atom is -0.392 e. The van der Waals surface area contributed by atoms with E-state index in [4.69, 9.17) is 16.7 Å². The lowest BCUT2D eigenvalue weighted by Gasteiger charge is -1.99. The van der Waals surface area contributed by atoms with E-state index in [-0.39, 0.29) is 6.10 Å². The Hall–Kier alpha value is 0.730. The van der Waals surface area contributed by atoms with Gasteiger partial charge in [0.05, 0.1) is 6.10 Å². The molecule has 1 atom stereocenters. The first-order chi connectivity index (χ1) is 3.31. The van der Waals surface area contributed by atoms with Crippen LogP contribution in [-0.4, -0.2) is 22.4 Å². The number of hydrogen-bond donors (Lipinski definition) is 1. The van der Waals surface area contributed by atoms with Crippen LogP contribution in [0, 0.1) is 0 Å². The van der Waals surface area contributed by atoms with Gasteiger partial charge in [0.2, 0.25) is 0 Å². The normalized spacial score (nSPS) is 14.1. The summed E-state index contributed by atoms with van der Waals surface area (Å²) in [5.41, 5.74) is 0. The van der Waals surface area contributed by atoms with Gasteiger partial charge >= 0.3 is 0 Å². The Kier molecular flexibility index (Phi) is 5.39. The molecule has 0 spiro atoms. The molecule has 0 rings (SSSR count). The van der Waals surface area contributed by atoms with Crippen molar-refractivity contribution < 1.29 is 5.11 Å². The molecule has 44 valence electrons. The van der Waals surface area contributed by atoms with Crippen LogP contribution in [0.5, 0.6) is 0 Å². The van der Waals surface area contributed by atoms with Gasteiger partial charge in [-0.1, -0.05) is 15.9 Å². The maximum absolute atomic E-state index is 8.70. The minimum atomic E-state index is -0.332. The smallest absolute Gasteiger partial charge is 0.0683 e. The fraction of sp³-hybridized carbons (Fsp3) is 1.00. The van der Waals surface area contributed by atoms with Gasteiger partial charge in [-0.15, -0.1) is 11.6 Å². The van der Waals surface area contributed by atoms with E-state index >= 15 is 0 Å². The summed E-state index contributed by atoms with van der Waals surface area (Å²) in [7, 11) is 0. The summed E-state index contributed by atoms with van der Waals surface area (Å²) in [6.07, 6.45) is 0.407. The Bertz CT molecular complexity index is 42.7. The van der Waals surface area contributed by atoms with Crippen LogP contribution in [-0.2, 0) is 0 Å². The molecule has 0 saturated heterocycles. The molecular formula is C4H8BrClO. The van der Waals surface area contributed by atoms with Crippen LogP contribution < -0.4 is 0 Å². The lowest BCUT2D eigenvalue weighted by molar-refractivity contribution is 0.195. The van der Waals surface area contributed by atoms with Crippen LogP contribution in [0.1, 0.15) is 6.42 Å². The van der Waals surface area contributed by atoms with E-state index in [2.05, 4.69) is 15.9 Å². The summed E-state index contributed by atoms with van der Waals surface area (Å²) >= 11 is 8.43. The van der Waals surface area contributed by atoms with E-state index < -0.39 is 0 Å². The third-order valence-corrected chi connectivity index (χ3v) is 1.43. The fourth-order valence-electron chi connectivity index (χ4n) is 0.203. The molecular weight excluding hydrogens is 179 g/mol. The first kappa shape index (κ1) is 7.73. The highest BCUT2D eigenvalue weighted by atomic mass is 79.9. The highest BCUT2D eigenvalue weighted by Gasteiger charge is 1.96. The van der Waals surface area contributed by atoms with Crippen molar-refractivity contribution in [2.24, 2.45) is 0 Å². The molecule has 0 aliphatic heterocycles. The maximum Gasteiger partial charge on any atom is 0.0683 e. The predicted molar refractivity (Wildman–Crippen MR) is 35.1 cm³/mol. The second kappa shape index (κ2) is 4.88. The van der Waals surface area contributed by atoms with Gasteiger partial charge in [0.15, 0.2) is 0 Å². The minimum absolute atomic E-state index is 0.332. The summed E-state index contributed by atoms with van der Waals surface area (Å²) in [5, 5.41) is 9.52. The van der Waals surface area contributed by atoms with Crippen LogP contribution >= 0.6 is 27.5 Å². The van der Waals surface area contributed by atoms with Gasteiger partial charge in [-0.3, -0.25) is 0 Å². The summed E-state index contributed by atoms with van der Waals surface area (Å²) in [6, 6.07) is 0. The Morgan fingerprint density at radius 1 is 1.71 bits per heavy atom. The van der Waals surface area contributed by atoms with Crippen molar-refractivity contribution in [1.29, 1.82) is 0 Å². The zero-order valence-electron chi connectivity index (χ0n) is 3.90. The zero-order chi connectivity index (χ0) is 5.70. The number of aliphatic hydroxyl groups is 1. The topological polar surface area (TPSA) is 20.2 Å². The van der Waals surface area contributed by atoms with Crippen LogP contribution in [0.15, 0.2) is 0 Å². The van der Waals surface area contributed by atoms with E-state index in [1.54, 1.807) is 0 Å². The monoisotopic (exact) mass is 186 g/mol. The molecule has 0 aromatic carbocycles. The van der Waals surface area contributed by atoms with Gasteiger partial charge in [-0.2, -0.15) is 0 Å². The molecule has 1 N–H and O–H groups in total. The Balaban J connectivity index is 2.83. The van der Waals surface area contributed by atoms with E-state index in [0.29, 0.717) is 5.88 Å². The number of halogens is 2. The van der Waals surface area contributed by atoms with Crippen LogP contribution in [0.2, 0.25) is 0 Å². The Labute approximate surface area is 56.8 Å². The molecule has 0 amide bonds. The van der Waals surface area contributed by atoms with E-state index in [1.165, 1.54) is 0 Å². The van der Waals surface area contributed by atoms with Gasteiger partial charge in [0.25, 0.3) is 0 Å². The van der Waals surface area contributed by atoms with E-state index in [0.717, 1.165) is 11.8 Å². The SMILES string of the molecule is OC(CCl)CCBr. The number of hydrogen-bond acceptors (Lipinski definition) is 1.